The highest BCUT2D eigenvalue weighted by atomic mass is 16.6. The van der Waals surface area contributed by atoms with Gasteiger partial charge in [-0.15, -0.1) is 0 Å². The molecule has 3 rings (SSSR count). The summed E-state index contributed by atoms with van der Waals surface area (Å²) in [4.78, 5) is 43.0. The van der Waals surface area contributed by atoms with Crippen LogP contribution in [0.3, 0.4) is 0 Å². The molecule has 1 aliphatic heterocycles. The number of amides is 1. The van der Waals surface area contributed by atoms with E-state index in [9.17, 15) is 14.4 Å². The molecule has 0 aliphatic carbocycles. The number of methoxy groups -OCH3 is 2. The van der Waals surface area contributed by atoms with E-state index in [1.54, 1.807) is 37.3 Å². The van der Waals surface area contributed by atoms with Gasteiger partial charge in [0.05, 0.1) is 25.7 Å². The Bertz CT molecular complexity index is 1290. The molecule has 0 aromatic heterocycles. The zero-order valence-electron chi connectivity index (χ0n) is 29.0. The van der Waals surface area contributed by atoms with Gasteiger partial charge in [0.15, 0.2) is 17.3 Å². The lowest BCUT2D eigenvalue weighted by Gasteiger charge is -2.38. The number of Topliss-reactive ketones (excluding diaryl/α,β-unsaturated/α-hetero) is 1. The summed E-state index contributed by atoms with van der Waals surface area (Å²) in [5.41, 5.74) is 0.635. The fourth-order valence-corrected chi connectivity index (χ4v) is 5.79. The Labute approximate surface area is 274 Å². The molecular weight excluding hydrogens is 586 g/mol. The Morgan fingerprint density at radius 1 is 0.978 bits per heavy atom. The number of rotatable bonds is 16. The second-order valence-corrected chi connectivity index (χ2v) is 13.7. The lowest BCUT2D eigenvalue weighted by Crippen LogP contribution is -2.50. The first-order chi connectivity index (χ1) is 21.7. The zero-order valence-corrected chi connectivity index (χ0v) is 29.0. The van der Waals surface area contributed by atoms with Crippen molar-refractivity contribution in [2.24, 2.45) is 23.7 Å². The van der Waals surface area contributed by atoms with Crippen LogP contribution in [0.25, 0.3) is 0 Å². The number of benzene rings is 2. The Balaban J connectivity index is 2.04. The lowest BCUT2D eigenvalue weighted by atomic mass is 9.80. The van der Waals surface area contributed by atoms with Crippen molar-refractivity contribution in [2.75, 3.05) is 27.4 Å². The quantitative estimate of drug-likeness (QED) is 0.107. The number of cyclic esters (lactones) is 1. The molecule has 1 aliphatic rings. The van der Waals surface area contributed by atoms with Crippen molar-refractivity contribution in [1.29, 1.82) is 0 Å². The minimum atomic E-state index is -0.751. The first kappa shape index (κ1) is 36.9. The highest BCUT2D eigenvalue weighted by Crippen LogP contribution is 2.37. The van der Waals surface area contributed by atoms with E-state index in [0.29, 0.717) is 43.1 Å². The Morgan fingerprint density at radius 2 is 1.67 bits per heavy atom. The van der Waals surface area contributed by atoms with Crippen LogP contribution >= 0.6 is 0 Å². The van der Waals surface area contributed by atoms with E-state index in [0.717, 1.165) is 5.56 Å². The van der Waals surface area contributed by atoms with E-state index in [1.165, 1.54) is 0 Å². The molecule has 1 amide bonds. The minimum Gasteiger partial charge on any atom is -0.493 e. The topological polar surface area (TPSA) is 101 Å². The number of hydrogen-bond donors (Lipinski definition) is 0. The molecule has 0 saturated carbocycles. The molecule has 254 valence electrons. The summed E-state index contributed by atoms with van der Waals surface area (Å²) in [5.74, 6) is -0.152. The molecule has 0 bridgehead atoms. The Kier molecular flexibility index (Phi) is 13.5. The number of ketones is 1. The molecule has 2 aromatic carbocycles. The standard InChI is InChI=1S/C37H53NO8/c1-24(2)28(34(39)27-16-17-31(43-9)33(20-27)44-19-13-18-42-8)21-30(32-22-29(25(3)4)35(40)45-32)38(36(41)46-37(5,6)7)23-26-14-11-10-12-15-26/h10-12,14-17,20,24-25,28-30,32H,13,18-19,21-23H2,1-9H3/t28-,29-,30-,32-/m0/s1. The van der Waals surface area contributed by atoms with E-state index in [1.807, 2.05) is 78.8 Å². The van der Waals surface area contributed by atoms with Crippen LogP contribution in [0.5, 0.6) is 11.5 Å². The summed E-state index contributed by atoms with van der Waals surface area (Å²) >= 11 is 0. The summed E-state index contributed by atoms with van der Waals surface area (Å²) in [7, 11) is 3.20. The first-order valence-corrected chi connectivity index (χ1v) is 16.3. The summed E-state index contributed by atoms with van der Waals surface area (Å²) in [6, 6.07) is 14.2. The van der Waals surface area contributed by atoms with Crippen LogP contribution in [-0.2, 0) is 25.5 Å². The van der Waals surface area contributed by atoms with E-state index >= 15 is 0 Å². The molecule has 1 heterocycles. The zero-order chi connectivity index (χ0) is 34.0. The van der Waals surface area contributed by atoms with Gasteiger partial charge in [-0.25, -0.2) is 4.79 Å². The fraction of sp³-hybridized carbons (Fsp3) is 0.595. The third-order valence-corrected chi connectivity index (χ3v) is 8.35. The highest BCUT2D eigenvalue weighted by Gasteiger charge is 2.46. The van der Waals surface area contributed by atoms with Crippen molar-refractivity contribution >= 4 is 17.8 Å². The van der Waals surface area contributed by atoms with Gasteiger partial charge < -0.3 is 23.7 Å². The molecule has 1 fully saturated rings. The van der Waals surface area contributed by atoms with Crippen molar-refractivity contribution in [3.8, 4) is 11.5 Å². The highest BCUT2D eigenvalue weighted by molar-refractivity contribution is 5.98. The summed E-state index contributed by atoms with van der Waals surface area (Å²) in [6.07, 6.45) is 0.308. The van der Waals surface area contributed by atoms with E-state index in [2.05, 4.69) is 0 Å². The van der Waals surface area contributed by atoms with Crippen molar-refractivity contribution in [3.63, 3.8) is 0 Å². The maximum Gasteiger partial charge on any atom is 0.410 e. The normalized spacial score (nSPS) is 17.8. The molecule has 0 spiro atoms. The van der Waals surface area contributed by atoms with Gasteiger partial charge in [-0.2, -0.15) is 0 Å². The molecule has 2 aromatic rings. The van der Waals surface area contributed by atoms with Crippen molar-refractivity contribution in [3.05, 3.63) is 59.7 Å². The van der Waals surface area contributed by atoms with Crippen LogP contribution < -0.4 is 9.47 Å². The van der Waals surface area contributed by atoms with Gasteiger partial charge in [-0.3, -0.25) is 14.5 Å². The van der Waals surface area contributed by atoms with E-state index < -0.39 is 29.8 Å². The maximum absolute atomic E-state index is 14.3. The summed E-state index contributed by atoms with van der Waals surface area (Å²) < 4.78 is 28.5. The predicted octanol–water partition coefficient (Wildman–Crippen LogP) is 7.35. The van der Waals surface area contributed by atoms with Crippen LogP contribution in [0, 0.1) is 23.7 Å². The van der Waals surface area contributed by atoms with E-state index in [4.69, 9.17) is 23.7 Å². The third-order valence-electron chi connectivity index (χ3n) is 8.35. The molecule has 9 heteroatoms. The van der Waals surface area contributed by atoms with Gasteiger partial charge >= 0.3 is 12.1 Å². The van der Waals surface area contributed by atoms with Crippen LogP contribution in [0.15, 0.2) is 48.5 Å². The number of carbonyl (C=O) groups excluding carboxylic acids is 3. The molecular formula is C37H53NO8. The predicted molar refractivity (Wildman–Crippen MR) is 177 cm³/mol. The van der Waals surface area contributed by atoms with Gasteiger partial charge in [-0.05, 0) is 69.2 Å². The van der Waals surface area contributed by atoms with Gasteiger partial charge in [0, 0.05) is 38.2 Å². The Hall–Kier alpha value is -3.59. The molecule has 4 atom stereocenters. The largest absolute Gasteiger partial charge is 0.493 e. The summed E-state index contributed by atoms with van der Waals surface area (Å²) in [5, 5.41) is 0. The second kappa shape index (κ2) is 16.8. The fourth-order valence-electron chi connectivity index (χ4n) is 5.79. The Morgan fingerprint density at radius 3 is 2.24 bits per heavy atom. The average Bonchev–Trinajstić information content (AvgIpc) is 3.39. The SMILES string of the molecule is COCCCOc1cc(C(=O)[C@@H](C[C@@H]([C@@H]2C[C@@H](C(C)C)C(=O)O2)N(Cc2ccccc2)C(=O)OC(C)(C)C)C(C)C)ccc1OC. The monoisotopic (exact) mass is 639 g/mol. The van der Waals surface area contributed by atoms with E-state index in [-0.39, 0.29) is 42.5 Å². The number of esters is 1. The van der Waals surface area contributed by atoms with Crippen molar-refractivity contribution in [2.45, 2.75) is 92.0 Å². The number of ether oxygens (including phenoxy) is 5. The number of carbonyl (C=O) groups is 3. The molecule has 0 radical (unpaired) electrons. The van der Waals surface area contributed by atoms with Crippen LogP contribution in [0.4, 0.5) is 4.79 Å². The molecule has 1 saturated heterocycles. The number of nitrogens with zero attached hydrogens (tertiary/aromatic N) is 1. The molecule has 46 heavy (non-hydrogen) atoms. The van der Waals surface area contributed by atoms with Crippen molar-refractivity contribution < 1.29 is 38.1 Å². The molecule has 0 N–H and O–H groups in total. The number of hydrogen-bond acceptors (Lipinski definition) is 8. The van der Waals surface area contributed by atoms with Gasteiger partial charge in [0.2, 0.25) is 0 Å². The minimum absolute atomic E-state index is 0.0754. The molecule has 9 nitrogen and oxygen atoms in total. The van der Waals surface area contributed by atoms with Gasteiger partial charge in [-0.1, -0.05) is 58.0 Å². The molecule has 0 unspecified atom stereocenters. The van der Waals surface area contributed by atoms with Crippen LogP contribution in [-0.4, -0.2) is 67.9 Å². The van der Waals surface area contributed by atoms with Crippen molar-refractivity contribution in [1.82, 2.24) is 4.90 Å². The average molecular weight is 640 g/mol. The van der Waals surface area contributed by atoms with Gasteiger partial charge in [0.1, 0.15) is 11.7 Å². The van der Waals surface area contributed by atoms with Crippen LogP contribution in [0.1, 0.15) is 83.7 Å². The second-order valence-electron chi connectivity index (χ2n) is 13.7. The lowest BCUT2D eigenvalue weighted by molar-refractivity contribution is -0.147. The smallest absolute Gasteiger partial charge is 0.410 e. The third kappa shape index (κ3) is 10.2. The van der Waals surface area contributed by atoms with Gasteiger partial charge in [0.25, 0.3) is 0 Å². The first-order valence-electron chi connectivity index (χ1n) is 16.3. The maximum atomic E-state index is 14.3. The van der Waals surface area contributed by atoms with Crippen LogP contribution in [0.2, 0.25) is 0 Å². The summed E-state index contributed by atoms with van der Waals surface area (Å²) in [6.45, 7) is 14.7.